The highest BCUT2D eigenvalue weighted by molar-refractivity contribution is 6.20. The highest BCUT2D eigenvalue weighted by Gasteiger charge is 2.39. The van der Waals surface area contributed by atoms with Crippen LogP contribution in [0.15, 0.2) is 41.0 Å². The van der Waals surface area contributed by atoms with E-state index in [4.69, 9.17) is 6.58 Å². The maximum absolute atomic E-state index is 14.5. The summed E-state index contributed by atoms with van der Waals surface area (Å²) in [6.07, 6.45) is 4.64. The second kappa shape index (κ2) is 25.6. The topological polar surface area (TPSA) is 17.1 Å². The van der Waals surface area contributed by atoms with Gasteiger partial charge in [0, 0.05) is 11.1 Å². The van der Waals surface area contributed by atoms with Crippen molar-refractivity contribution >= 4 is 23.0 Å². The third kappa shape index (κ3) is 11.3. The van der Waals surface area contributed by atoms with Gasteiger partial charge in [-0.2, -0.15) is 0 Å². The zero-order chi connectivity index (χ0) is 38.6. The van der Waals surface area contributed by atoms with E-state index in [1.807, 2.05) is 89.2 Å². The van der Waals surface area contributed by atoms with Crippen molar-refractivity contribution in [3.8, 4) is 0 Å². The summed E-state index contributed by atoms with van der Waals surface area (Å²) in [5.74, 6) is 0.674. The van der Waals surface area contributed by atoms with Gasteiger partial charge < -0.3 is 0 Å². The standard InChI is InChI=1S/C34H46O.6C2H6/c1-14-18(4)29-30(24(10)34(11,12)13)22(8)27-17-19(5)28-21(7)25(15-2)20(6)26(16-3)31(28)23(9)32(27)33(29)35;6*1-2/h15,18,24H,2,8,14,16-17H2,1,3-7,9-13H3;6*1-2H3. The number of Topliss-reactive ketones (excluding diaryl/α,β-unsaturated/α-hetero) is 1. The minimum absolute atomic E-state index is 0.0441. The summed E-state index contributed by atoms with van der Waals surface area (Å²) in [4.78, 5) is 14.5. The first-order valence-electron chi connectivity index (χ1n) is 19.4. The van der Waals surface area contributed by atoms with Crippen molar-refractivity contribution in [1.82, 2.24) is 0 Å². The minimum Gasteiger partial charge on any atom is -0.289 e. The highest BCUT2D eigenvalue weighted by Crippen LogP contribution is 2.47. The molecule has 0 saturated carbocycles. The van der Waals surface area contributed by atoms with Crippen LogP contribution in [0.5, 0.6) is 0 Å². The maximum atomic E-state index is 14.5. The molecule has 0 amide bonds. The van der Waals surface area contributed by atoms with E-state index in [0.29, 0.717) is 0 Å². The first kappa shape index (κ1) is 51.4. The molecule has 3 rings (SSSR count). The van der Waals surface area contributed by atoms with Crippen molar-refractivity contribution in [1.29, 1.82) is 0 Å². The molecule has 2 unspecified atom stereocenters. The Morgan fingerprint density at radius 1 is 0.745 bits per heavy atom. The monoisotopic (exact) mass is 651 g/mol. The summed E-state index contributed by atoms with van der Waals surface area (Å²) in [6.45, 7) is 57.4. The van der Waals surface area contributed by atoms with Crippen LogP contribution in [0.3, 0.4) is 0 Å². The molecule has 1 heteroatoms. The van der Waals surface area contributed by atoms with Crippen molar-refractivity contribution in [2.45, 2.75) is 179 Å². The van der Waals surface area contributed by atoms with Crippen molar-refractivity contribution in [2.75, 3.05) is 0 Å². The SMILES string of the molecule is C=Cc1c(C)c(CC)c2c(c1C)=C(C)CC1=C(C(=O)C(C(C)CC)=C(C(C)C(C)(C)C)C1=C)C=2C.CC.CC.CC.CC.CC.CC. The van der Waals surface area contributed by atoms with Crippen LogP contribution < -0.4 is 10.4 Å². The van der Waals surface area contributed by atoms with Crippen LogP contribution in [0.2, 0.25) is 0 Å². The molecule has 2 atom stereocenters. The Hall–Kier alpha value is -2.41. The number of carbonyl (C=O) groups excluding carboxylic acids is 1. The molecule has 0 bridgehead atoms. The largest absolute Gasteiger partial charge is 0.289 e. The molecule has 0 heterocycles. The number of rotatable bonds is 5. The number of ketones is 1. The van der Waals surface area contributed by atoms with Gasteiger partial charge in [-0.25, -0.2) is 0 Å². The summed E-state index contributed by atoms with van der Waals surface area (Å²) in [5.41, 5.74) is 12.9. The molecule has 2 aliphatic rings. The molecule has 0 N–H and O–H groups in total. The number of hydrogen-bond acceptors (Lipinski definition) is 1. The Bertz CT molecular complexity index is 1310. The molecule has 0 radical (unpaired) electrons. The van der Waals surface area contributed by atoms with Crippen molar-refractivity contribution in [3.05, 3.63) is 73.7 Å². The Labute approximate surface area is 296 Å². The predicted molar refractivity (Wildman–Crippen MR) is 222 cm³/mol. The third-order valence-electron chi connectivity index (χ3n) is 8.95. The molecular weight excluding hydrogens is 569 g/mol. The lowest BCUT2D eigenvalue weighted by molar-refractivity contribution is -0.112. The van der Waals surface area contributed by atoms with E-state index >= 15 is 0 Å². The summed E-state index contributed by atoms with van der Waals surface area (Å²) in [7, 11) is 0. The van der Waals surface area contributed by atoms with Gasteiger partial charge in [-0.15, -0.1) is 0 Å². The lowest BCUT2D eigenvalue weighted by Crippen LogP contribution is -2.37. The average Bonchev–Trinajstić information content (AvgIpc) is 3.21. The molecule has 0 aromatic heterocycles. The second-order valence-electron chi connectivity index (χ2n) is 11.9. The van der Waals surface area contributed by atoms with Crippen molar-refractivity contribution in [2.24, 2.45) is 17.3 Å². The van der Waals surface area contributed by atoms with Gasteiger partial charge in [0.15, 0.2) is 5.78 Å². The average molecular weight is 651 g/mol. The maximum Gasteiger partial charge on any atom is 0.190 e. The van der Waals surface area contributed by atoms with E-state index < -0.39 is 0 Å². The molecule has 0 saturated heterocycles. The fraction of sp³-hybridized carbons (Fsp3) is 0.630. The lowest BCUT2D eigenvalue weighted by Gasteiger charge is -2.37. The fourth-order valence-corrected chi connectivity index (χ4v) is 6.36. The first-order valence-corrected chi connectivity index (χ1v) is 19.4. The van der Waals surface area contributed by atoms with Gasteiger partial charge in [-0.05, 0) is 119 Å². The second-order valence-corrected chi connectivity index (χ2v) is 11.9. The van der Waals surface area contributed by atoms with Gasteiger partial charge >= 0.3 is 0 Å². The van der Waals surface area contributed by atoms with Gasteiger partial charge in [0.05, 0.1) is 0 Å². The number of benzene rings is 1. The number of allylic oxidation sites excluding steroid dienone is 5. The van der Waals surface area contributed by atoms with Crippen LogP contribution in [0.1, 0.15) is 180 Å². The summed E-state index contributed by atoms with van der Waals surface area (Å²) < 4.78 is 0. The van der Waals surface area contributed by atoms with Crippen LogP contribution >= 0.6 is 0 Å². The van der Waals surface area contributed by atoms with E-state index in [-0.39, 0.29) is 23.0 Å². The zero-order valence-electron chi connectivity index (χ0n) is 36.2. The molecule has 0 fully saturated rings. The van der Waals surface area contributed by atoms with Crippen LogP contribution in [-0.2, 0) is 11.2 Å². The van der Waals surface area contributed by atoms with E-state index in [9.17, 15) is 4.79 Å². The molecule has 0 aliphatic heterocycles. The number of hydrogen-bond donors (Lipinski definition) is 0. The van der Waals surface area contributed by atoms with Gasteiger partial charge in [0.25, 0.3) is 0 Å². The van der Waals surface area contributed by atoms with E-state index in [1.54, 1.807) is 0 Å². The molecule has 1 nitrogen and oxygen atoms in total. The molecule has 2 aliphatic carbocycles. The third-order valence-corrected chi connectivity index (χ3v) is 8.95. The van der Waals surface area contributed by atoms with E-state index in [2.05, 4.69) is 82.7 Å². The van der Waals surface area contributed by atoms with Crippen LogP contribution in [0.4, 0.5) is 0 Å². The Morgan fingerprint density at radius 2 is 1.19 bits per heavy atom. The van der Waals surface area contributed by atoms with Crippen LogP contribution in [-0.4, -0.2) is 5.78 Å². The van der Waals surface area contributed by atoms with Gasteiger partial charge in [0.1, 0.15) is 0 Å². The molecule has 0 spiro atoms. The van der Waals surface area contributed by atoms with E-state index in [1.165, 1.54) is 43.8 Å². The minimum atomic E-state index is 0.0441. The first-order chi connectivity index (χ1) is 22.2. The number of carbonyl (C=O) groups is 1. The quantitative estimate of drug-likeness (QED) is 0.310. The highest BCUT2D eigenvalue weighted by atomic mass is 16.1. The molecular formula is C46H82O. The van der Waals surface area contributed by atoms with Crippen molar-refractivity contribution in [3.63, 3.8) is 0 Å². The molecule has 1 aromatic rings. The predicted octanol–water partition coefficient (Wildman–Crippen LogP) is 13.9. The summed E-state index contributed by atoms with van der Waals surface area (Å²) >= 11 is 0. The molecule has 272 valence electrons. The zero-order valence-corrected chi connectivity index (χ0v) is 36.2. The van der Waals surface area contributed by atoms with E-state index in [0.717, 1.165) is 47.1 Å². The van der Waals surface area contributed by atoms with Crippen LogP contribution in [0, 0.1) is 31.1 Å². The summed E-state index contributed by atoms with van der Waals surface area (Å²) in [5, 5.41) is 2.58. The van der Waals surface area contributed by atoms with Crippen molar-refractivity contribution < 1.29 is 4.79 Å². The van der Waals surface area contributed by atoms with Crippen LogP contribution in [0.25, 0.3) is 17.2 Å². The fourth-order valence-electron chi connectivity index (χ4n) is 6.36. The van der Waals surface area contributed by atoms with Gasteiger partial charge in [-0.1, -0.05) is 156 Å². The smallest absolute Gasteiger partial charge is 0.190 e. The Kier molecular flexibility index (Phi) is 28.0. The molecule has 47 heavy (non-hydrogen) atoms. The Balaban J connectivity index is -0.000000692. The Morgan fingerprint density at radius 3 is 1.55 bits per heavy atom. The summed E-state index contributed by atoms with van der Waals surface area (Å²) in [6, 6.07) is 0. The number of fused-ring (bicyclic) bond motifs is 1. The van der Waals surface area contributed by atoms with Gasteiger partial charge in [0.2, 0.25) is 0 Å². The molecule has 1 aromatic carbocycles. The normalized spacial score (nSPS) is 14.5. The lowest BCUT2D eigenvalue weighted by atomic mass is 9.66. The van der Waals surface area contributed by atoms with Gasteiger partial charge in [-0.3, -0.25) is 4.79 Å².